The maximum atomic E-state index is 12.7. The van der Waals surface area contributed by atoms with E-state index in [9.17, 15) is 4.79 Å². The highest BCUT2D eigenvalue weighted by Gasteiger charge is 2.23. The van der Waals surface area contributed by atoms with Gasteiger partial charge in [0.15, 0.2) is 11.6 Å². The molecule has 2 amide bonds. The van der Waals surface area contributed by atoms with Gasteiger partial charge in [0.2, 0.25) is 0 Å². The monoisotopic (exact) mass is 408 g/mol. The first kappa shape index (κ1) is 20.4. The van der Waals surface area contributed by atoms with Crippen LogP contribution in [0.1, 0.15) is 38.2 Å². The van der Waals surface area contributed by atoms with Gasteiger partial charge in [-0.2, -0.15) is 0 Å². The summed E-state index contributed by atoms with van der Waals surface area (Å²) in [5.74, 6) is 1.87. The van der Waals surface area contributed by atoms with Crippen LogP contribution in [0.3, 0.4) is 0 Å². The number of nitrogens with zero attached hydrogens (tertiary/aromatic N) is 5. The van der Waals surface area contributed by atoms with Gasteiger partial charge >= 0.3 is 6.03 Å². The Morgan fingerprint density at radius 2 is 1.43 bits per heavy atom. The minimum absolute atomic E-state index is 0.0295. The lowest BCUT2D eigenvalue weighted by atomic mass is 10.1. The molecule has 2 fully saturated rings. The second-order valence-corrected chi connectivity index (χ2v) is 8.07. The average Bonchev–Trinajstić information content (AvgIpc) is 3.09. The topological polar surface area (TPSA) is 64.6 Å². The Bertz CT molecular complexity index is 824. The molecule has 2 aliphatic heterocycles. The Morgan fingerprint density at radius 3 is 2.03 bits per heavy atom. The molecule has 2 aliphatic rings. The van der Waals surface area contributed by atoms with Crippen molar-refractivity contribution >= 4 is 23.4 Å². The van der Waals surface area contributed by atoms with E-state index in [1.165, 1.54) is 25.7 Å². The van der Waals surface area contributed by atoms with E-state index in [1.54, 1.807) is 0 Å². The number of carbonyl (C=O) groups excluding carboxylic acids is 1. The second kappa shape index (κ2) is 9.78. The van der Waals surface area contributed by atoms with E-state index in [4.69, 9.17) is 0 Å². The number of anilines is 3. The fraction of sp³-hybridized carbons (Fsp3) is 0.522. The van der Waals surface area contributed by atoms with Crippen molar-refractivity contribution in [3.05, 3.63) is 42.0 Å². The summed E-state index contributed by atoms with van der Waals surface area (Å²) in [6, 6.07) is 12.1. The third-order valence-electron chi connectivity index (χ3n) is 6.10. The molecule has 2 saturated heterocycles. The maximum Gasteiger partial charge on any atom is 0.321 e. The summed E-state index contributed by atoms with van der Waals surface area (Å²) in [6.45, 7) is 7.13. The lowest BCUT2D eigenvalue weighted by Crippen LogP contribution is -2.50. The van der Waals surface area contributed by atoms with E-state index in [0.717, 1.165) is 55.5 Å². The standard InChI is InChI=1S/C23H32N6O/c1-2-19-9-5-6-10-20(19)24-23(30)29-17-15-28(16-18-29)22-12-11-21(25-26-22)27-13-7-3-4-8-14-27/h5-6,9-12H,2-4,7-8,13-18H2,1H3,(H,24,30). The minimum atomic E-state index is -0.0295. The van der Waals surface area contributed by atoms with Crippen molar-refractivity contribution in [2.24, 2.45) is 0 Å². The molecule has 0 aliphatic carbocycles. The van der Waals surface area contributed by atoms with E-state index in [-0.39, 0.29) is 6.03 Å². The van der Waals surface area contributed by atoms with Gasteiger partial charge in [0.1, 0.15) is 0 Å². The lowest BCUT2D eigenvalue weighted by Gasteiger charge is -2.35. The molecule has 7 nitrogen and oxygen atoms in total. The molecule has 1 aromatic heterocycles. The molecule has 160 valence electrons. The van der Waals surface area contributed by atoms with Crippen LogP contribution in [0.25, 0.3) is 0 Å². The summed E-state index contributed by atoms with van der Waals surface area (Å²) < 4.78 is 0. The van der Waals surface area contributed by atoms with Crippen molar-refractivity contribution in [1.82, 2.24) is 15.1 Å². The Labute approximate surface area is 179 Å². The summed E-state index contributed by atoms with van der Waals surface area (Å²) in [5, 5.41) is 12.0. The highest BCUT2D eigenvalue weighted by atomic mass is 16.2. The second-order valence-electron chi connectivity index (χ2n) is 8.07. The molecular weight excluding hydrogens is 376 g/mol. The maximum absolute atomic E-state index is 12.7. The Morgan fingerprint density at radius 1 is 0.833 bits per heavy atom. The third kappa shape index (κ3) is 4.83. The normalized spacial score (nSPS) is 17.6. The largest absolute Gasteiger partial charge is 0.355 e. The SMILES string of the molecule is CCc1ccccc1NC(=O)N1CCN(c2ccc(N3CCCCCC3)nn2)CC1. The van der Waals surface area contributed by atoms with Crippen molar-refractivity contribution in [3.63, 3.8) is 0 Å². The highest BCUT2D eigenvalue weighted by molar-refractivity contribution is 5.90. The lowest BCUT2D eigenvalue weighted by molar-refractivity contribution is 0.208. The van der Waals surface area contributed by atoms with Gasteiger partial charge in [-0.1, -0.05) is 38.0 Å². The van der Waals surface area contributed by atoms with Crippen LogP contribution in [0, 0.1) is 0 Å². The molecule has 30 heavy (non-hydrogen) atoms. The van der Waals surface area contributed by atoms with Crippen molar-refractivity contribution in [3.8, 4) is 0 Å². The number of hydrogen-bond acceptors (Lipinski definition) is 5. The van der Waals surface area contributed by atoms with Crippen LogP contribution in [-0.2, 0) is 6.42 Å². The fourth-order valence-electron chi connectivity index (χ4n) is 4.24. The van der Waals surface area contributed by atoms with Crippen molar-refractivity contribution in [1.29, 1.82) is 0 Å². The predicted octanol–water partition coefficient (Wildman–Crippen LogP) is 3.77. The van der Waals surface area contributed by atoms with Crippen LogP contribution in [0.2, 0.25) is 0 Å². The molecule has 0 spiro atoms. The first-order valence-electron chi connectivity index (χ1n) is 11.2. The average molecular weight is 409 g/mol. The van der Waals surface area contributed by atoms with E-state index < -0.39 is 0 Å². The van der Waals surface area contributed by atoms with Crippen LogP contribution in [0.15, 0.2) is 36.4 Å². The summed E-state index contributed by atoms with van der Waals surface area (Å²) in [5.41, 5.74) is 2.06. The van der Waals surface area contributed by atoms with Gasteiger partial charge < -0.3 is 20.0 Å². The van der Waals surface area contributed by atoms with Crippen LogP contribution < -0.4 is 15.1 Å². The molecule has 2 aromatic rings. The zero-order valence-corrected chi connectivity index (χ0v) is 17.9. The number of urea groups is 1. The van der Waals surface area contributed by atoms with E-state index >= 15 is 0 Å². The van der Waals surface area contributed by atoms with Crippen molar-refractivity contribution in [2.45, 2.75) is 39.0 Å². The van der Waals surface area contributed by atoms with Crippen LogP contribution in [0.4, 0.5) is 22.1 Å². The number of piperazine rings is 1. The number of para-hydroxylation sites is 1. The van der Waals surface area contributed by atoms with Gasteiger partial charge in [-0.25, -0.2) is 4.79 Å². The summed E-state index contributed by atoms with van der Waals surface area (Å²) in [6.07, 6.45) is 5.98. The smallest absolute Gasteiger partial charge is 0.321 e. The van der Waals surface area contributed by atoms with Crippen molar-refractivity contribution < 1.29 is 4.79 Å². The third-order valence-corrected chi connectivity index (χ3v) is 6.10. The first-order chi connectivity index (χ1) is 14.7. The molecular formula is C23H32N6O. The number of hydrogen-bond donors (Lipinski definition) is 1. The van der Waals surface area contributed by atoms with Gasteiger partial charge in [-0.05, 0) is 43.0 Å². The number of benzene rings is 1. The van der Waals surface area contributed by atoms with E-state index in [2.05, 4.69) is 50.4 Å². The van der Waals surface area contributed by atoms with Gasteiger partial charge in [0.25, 0.3) is 0 Å². The van der Waals surface area contributed by atoms with Crippen LogP contribution >= 0.6 is 0 Å². The molecule has 0 atom stereocenters. The summed E-state index contributed by atoms with van der Waals surface area (Å²) >= 11 is 0. The minimum Gasteiger partial charge on any atom is -0.355 e. The molecule has 0 bridgehead atoms. The predicted molar refractivity (Wildman–Crippen MR) is 121 cm³/mol. The quantitative estimate of drug-likeness (QED) is 0.834. The molecule has 1 aromatic carbocycles. The van der Waals surface area contributed by atoms with Gasteiger partial charge in [-0.3, -0.25) is 0 Å². The number of aryl methyl sites for hydroxylation is 1. The number of rotatable bonds is 4. The van der Waals surface area contributed by atoms with Crippen molar-refractivity contribution in [2.75, 3.05) is 54.4 Å². The Hall–Kier alpha value is -2.83. The van der Waals surface area contributed by atoms with E-state index in [0.29, 0.717) is 13.1 Å². The summed E-state index contributed by atoms with van der Waals surface area (Å²) in [7, 11) is 0. The molecule has 3 heterocycles. The Kier molecular flexibility index (Phi) is 6.67. The zero-order valence-electron chi connectivity index (χ0n) is 17.9. The number of amides is 2. The molecule has 0 unspecified atom stereocenters. The van der Waals surface area contributed by atoms with Crippen LogP contribution in [0.5, 0.6) is 0 Å². The number of aromatic nitrogens is 2. The van der Waals surface area contributed by atoms with Gasteiger partial charge in [-0.15, -0.1) is 10.2 Å². The molecule has 0 saturated carbocycles. The number of carbonyl (C=O) groups is 1. The van der Waals surface area contributed by atoms with Gasteiger partial charge in [0, 0.05) is 45.0 Å². The first-order valence-corrected chi connectivity index (χ1v) is 11.2. The van der Waals surface area contributed by atoms with E-state index in [1.807, 2.05) is 23.1 Å². The summed E-state index contributed by atoms with van der Waals surface area (Å²) in [4.78, 5) is 19.1. The molecule has 0 radical (unpaired) electrons. The molecule has 7 heteroatoms. The molecule has 1 N–H and O–H groups in total. The Balaban J connectivity index is 1.31. The van der Waals surface area contributed by atoms with Gasteiger partial charge in [0.05, 0.1) is 0 Å². The molecule has 4 rings (SSSR count). The fourth-order valence-corrected chi connectivity index (χ4v) is 4.24. The van der Waals surface area contributed by atoms with Crippen LogP contribution in [-0.4, -0.2) is 60.4 Å². The number of nitrogens with one attached hydrogen (secondary N) is 1. The zero-order chi connectivity index (χ0) is 20.8. The highest BCUT2D eigenvalue weighted by Crippen LogP contribution is 2.20.